The molecule has 5 rings (SSSR count). The topological polar surface area (TPSA) is 114 Å². The number of carbonyl (C=O) groups is 2. The van der Waals surface area contributed by atoms with Crippen molar-refractivity contribution in [3.05, 3.63) is 90.8 Å². The molecule has 0 atom stereocenters. The summed E-state index contributed by atoms with van der Waals surface area (Å²) in [6.07, 6.45) is 0. The van der Waals surface area contributed by atoms with E-state index in [2.05, 4.69) is 20.6 Å². The zero-order valence-electron chi connectivity index (χ0n) is 18.8. The lowest BCUT2D eigenvalue weighted by molar-refractivity contribution is -0.145. The molecule has 4 aromatic rings. The van der Waals surface area contributed by atoms with Gasteiger partial charge >= 0.3 is 11.9 Å². The molecule has 2 heterocycles. The van der Waals surface area contributed by atoms with E-state index in [9.17, 15) is 9.59 Å². The lowest BCUT2D eigenvalue weighted by atomic mass is 10.1. The minimum Gasteiger partial charge on any atom is -0.465 e. The van der Waals surface area contributed by atoms with Crippen LogP contribution in [0.1, 0.15) is 13.8 Å². The van der Waals surface area contributed by atoms with Crippen LogP contribution < -0.4 is 0 Å². The maximum Gasteiger partial charge on any atom is 0.327 e. The fourth-order valence-electron chi connectivity index (χ4n) is 4.19. The van der Waals surface area contributed by atoms with Crippen LogP contribution in [-0.4, -0.2) is 55.1 Å². The average molecular weight is 458 g/mol. The summed E-state index contributed by atoms with van der Waals surface area (Å²) in [5.74, 6) is -0.810. The van der Waals surface area contributed by atoms with Crippen molar-refractivity contribution in [3.8, 4) is 0 Å². The Kier molecular flexibility index (Phi) is 5.62. The van der Waals surface area contributed by atoms with Crippen LogP contribution in [-0.2, 0) is 32.2 Å². The van der Waals surface area contributed by atoms with Crippen LogP contribution in [0.15, 0.2) is 48.5 Å². The van der Waals surface area contributed by atoms with Crippen molar-refractivity contribution in [3.63, 3.8) is 0 Å². The van der Waals surface area contributed by atoms with E-state index >= 15 is 0 Å². The summed E-state index contributed by atoms with van der Waals surface area (Å²) in [7, 11) is 0. The Bertz CT molecular complexity index is 1660. The van der Waals surface area contributed by atoms with E-state index in [4.69, 9.17) is 9.47 Å². The van der Waals surface area contributed by atoms with Gasteiger partial charge in [-0.25, -0.2) is 9.36 Å². The zero-order chi connectivity index (χ0) is 23.7. The summed E-state index contributed by atoms with van der Waals surface area (Å²) in [4.78, 5) is 24.6. The van der Waals surface area contributed by atoms with Gasteiger partial charge in [0.15, 0.2) is 0 Å². The monoisotopic (exact) mass is 458 g/mol. The van der Waals surface area contributed by atoms with Gasteiger partial charge in [-0.2, -0.15) is 0 Å². The molecule has 0 aliphatic heterocycles. The van der Waals surface area contributed by atoms with Crippen LogP contribution in [0.3, 0.4) is 0 Å². The quantitative estimate of drug-likeness (QED) is 0.351. The summed E-state index contributed by atoms with van der Waals surface area (Å²) in [5.41, 5.74) is 0. The smallest absolute Gasteiger partial charge is 0.327 e. The first-order chi connectivity index (χ1) is 16.6. The minimum absolute atomic E-state index is 0.0835. The second-order valence-electron chi connectivity index (χ2n) is 7.59. The Morgan fingerprint density at radius 1 is 0.676 bits per heavy atom. The van der Waals surface area contributed by atoms with Crippen LogP contribution >= 0.6 is 0 Å². The molecular weight excluding hydrogens is 436 g/mol. The van der Waals surface area contributed by atoms with E-state index in [1.165, 1.54) is 0 Å². The van der Waals surface area contributed by atoms with Crippen molar-refractivity contribution >= 4 is 11.9 Å². The summed E-state index contributed by atoms with van der Waals surface area (Å²) in [6, 6.07) is 15.3. The molecule has 0 amide bonds. The van der Waals surface area contributed by atoms with Gasteiger partial charge in [0.05, 0.1) is 23.9 Å². The number of aromatic nitrogens is 6. The molecule has 10 nitrogen and oxygen atoms in total. The van der Waals surface area contributed by atoms with E-state index in [0.717, 1.165) is 20.9 Å². The number of rotatable bonds is 6. The van der Waals surface area contributed by atoms with Crippen LogP contribution in [0.4, 0.5) is 0 Å². The molecule has 1 aliphatic rings. The van der Waals surface area contributed by atoms with Crippen molar-refractivity contribution in [1.82, 2.24) is 30.0 Å². The lowest BCUT2D eigenvalue weighted by Crippen LogP contribution is -2.16. The van der Waals surface area contributed by atoms with E-state index in [-0.39, 0.29) is 26.3 Å². The van der Waals surface area contributed by atoms with Crippen LogP contribution in [0.25, 0.3) is 0 Å². The van der Waals surface area contributed by atoms with Gasteiger partial charge in [-0.1, -0.05) is 59.0 Å². The normalized spacial score (nSPS) is 15.6. The molecule has 34 heavy (non-hydrogen) atoms. The fourth-order valence-corrected chi connectivity index (χ4v) is 4.19. The predicted octanol–water partition coefficient (Wildman–Crippen LogP) is 1.46. The number of hydrogen-bond acceptors (Lipinski definition) is 8. The van der Waals surface area contributed by atoms with Gasteiger partial charge in [0.25, 0.3) is 0 Å². The molecular formula is C24H22N6O4. The Morgan fingerprint density at radius 2 is 1.06 bits per heavy atom. The number of hydrogen-bond donors (Lipinski definition) is 0. The number of ether oxygens (including phenoxy) is 2. The molecule has 0 N–H and O–H groups in total. The number of carbonyl (C=O) groups excluding carboxylic acids is 2. The Hall–Kier alpha value is -4.34. The van der Waals surface area contributed by atoms with E-state index in [1.807, 2.05) is 48.5 Å². The Morgan fingerprint density at radius 3 is 1.44 bits per heavy atom. The summed E-state index contributed by atoms with van der Waals surface area (Å²) >= 11 is 0. The molecule has 0 radical (unpaired) electrons. The van der Waals surface area contributed by atoms with Gasteiger partial charge in [-0.05, 0) is 13.8 Å². The van der Waals surface area contributed by atoms with Crippen LogP contribution in [0.2, 0.25) is 0 Å². The highest BCUT2D eigenvalue weighted by molar-refractivity contribution is 5.69. The van der Waals surface area contributed by atoms with Crippen molar-refractivity contribution in [2.24, 2.45) is 0 Å². The predicted molar refractivity (Wildman–Crippen MR) is 117 cm³/mol. The molecule has 0 fully saturated rings. The van der Waals surface area contributed by atoms with Gasteiger partial charge in [-0.15, -0.1) is 10.2 Å². The largest absolute Gasteiger partial charge is 0.465 e. The fraction of sp³-hybridized carbons (Fsp3) is 0.250. The first-order valence-electron chi connectivity index (χ1n) is 11.0. The van der Waals surface area contributed by atoms with Gasteiger partial charge in [0, 0.05) is 20.9 Å². The number of benzene rings is 2. The highest BCUT2D eigenvalue weighted by Gasteiger charge is 2.14. The molecule has 2 aromatic heterocycles. The third kappa shape index (κ3) is 3.62. The average Bonchev–Trinajstić information content (AvgIpc) is 3.42. The summed E-state index contributed by atoms with van der Waals surface area (Å²) in [6.45, 7) is 3.90. The van der Waals surface area contributed by atoms with Gasteiger partial charge in [0.1, 0.15) is 23.8 Å². The van der Waals surface area contributed by atoms with E-state index in [0.29, 0.717) is 21.4 Å². The van der Waals surface area contributed by atoms with Crippen molar-refractivity contribution in [1.29, 1.82) is 0 Å². The van der Waals surface area contributed by atoms with Crippen LogP contribution in [0.5, 0.6) is 0 Å². The Balaban J connectivity index is 2.04. The van der Waals surface area contributed by atoms with Crippen molar-refractivity contribution < 1.29 is 19.1 Å². The molecule has 0 spiro atoms. The highest BCUT2D eigenvalue weighted by atomic mass is 16.5. The first-order valence-corrected chi connectivity index (χ1v) is 11.0. The SMILES string of the molecule is CCOC(=O)Cn1nnc2/c1=c1/cccc/c1=c1/c(nnn1CC(=O)OCC)=c1/cccc/c1=2. The summed E-state index contributed by atoms with van der Waals surface area (Å²) < 4.78 is 13.4. The summed E-state index contributed by atoms with van der Waals surface area (Å²) in [5, 5.41) is 23.2. The molecule has 10 heteroatoms. The second-order valence-corrected chi connectivity index (χ2v) is 7.59. The van der Waals surface area contributed by atoms with Gasteiger partial charge < -0.3 is 9.47 Å². The van der Waals surface area contributed by atoms with Gasteiger partial charge in [0.2, 0.25) is 0 Å². The maximum absolute atomic E-state index is 12.3. The van der Waals surface area contributed by atoms with E-state index in [1.54, 1.807) is 23.2 Å². The zero-order valence-corrected chi connectivity index (χ0v) is 18.8. The Labute approximate surface area is 192 Å². The molecule has 0 saturated carbocycles. The number of fused-ring (bicyclic) bond motifs is 4. The second kappa shape index (κ2) is 8.89. The lowest BCUT2D eigenvalue weighted by Gasteiger charge is -2.04. The molecule has 0 bridgehead atoms. The van der Waals surface area contributed by atoms with Crippen LogP contribution in [0, 0.1) is 42.3 Å². The first kappa shape index (κ1) is 21.5. The number of nitrogens with zero attached hydrogens (tertiary/aromatic N) is 6. The molecule has 1 aliphatic carbocycles. The van der Waals surface area contributed by atoms with Gasteiger partial charge in [-0.3, -0.25) is 9.59 Å². The maximum atomic E-state index is 12.3. The minimum atomic E-state index is -0.405. The van der Waals surface area contributed by atoms with E-state index < -0.39 is 11.9 Å². The van der Waals surface area contributed by atoms with Crippen molar-refractivity contribution in [2.75, 3.05) is 13.2 Å². The highest BCUT2D eigenvalue weighted by Crippen LogP contribution is 2.11. The number of esters is 2. The third-order valence-corrected chi connectivity index (χ3v) is 5.51. The molecule has 2 aromatic carbocycles. The standard InChI is InChI=1S/C24H22N6O4/c1-3-33-19(31)13-29-23-17-11-7-8-12-18(17)24-22(26-28-30(24)14-20(32)34-4-2)16-10-6-5-9-15(16)21(23)25-27-29/h5-12H,3-4,13-14H2,1-2H3/b21-15+,22-16+,23-17+,24-18+. The van der Waals surface area contributed by atoms with Crippen molar-refractivity contribution in [2.45, 2.75) is 26.9 Å². The molecule has 0 saturated heterocycles. The molecule has 0 unspecified atom stereocenters. The third-order valence-electron chi connectivity index (χ3n) is 5.51. The molecule has 172 valence electrons.